The van der Waals surface area contributed by atoms with Crippen molar-refractivity contribution in [3.63, 3.8) is 0 Å². The van der Waals surface area contributed by atoms with Crippen LogP contribution in [0.3, 0.4) is 0 Å². The summed E-state index contributed by atoms with van der Waals surface area (Å²) in [6.45, 7) is 2.86. The van der Waals surface area contributed by atoms with Crippen LogP contribution >= 0.6 is 36.6 Å². The summed E-state index contributed by atoms with van der Waals surface area (Å²) >= 11 is 1.78. The van der Waals surface area contributed by atoms with E-state index in [1.807, 2.05) is 36.3 Å². The average molecular weight is 366 g/mol. The van der Waals surface area contributed by atoms with E-state index in [0.29, 0.717) is 18.2 Å². The first-order chi connectivity index (χ1) is 9.79. The summed E-state index contributed by atoms with van der Waals surface area (Å²) < 4.78 is 0. The van der Waals surface area contributed by atoms with Crippen LogP contribution in [0.1, 0.15) is 18.5 Å². The molecule has 7 heteroatoms. The van der Waals surface area contributed by atoms with E-state index in [9.17, 15) is 4.79 Å². The molecule has 0 radical (unpaired) electrons. The monoisotopic (exact) mass is 365 g/mol. The molecule has 0 spiro atoms. The van der Waals surface area contributed by atoms with Gasteiger partial charge in [0.05, 0.1) is 5.69 Å². The Kier molecular flexibility index (Phi) is 11.7. The molecule has 1 aliphatic heterocycles. The second-order valence-electron chi connectivity index (χ2n) is 5.18. The highest BCUT2D eigenvalue weighted by Gasteiger charge is 2.25. The topological polar surface area (TPSA) is 45.2 Å². The van der Waals surface area contributed by atoms with E-state index >= 15 is 0 Å². The minimum absolute atomic E-state index is 0. The molecule has 1 amide bonds. The normalized spacial score (nSPS) is 16.8. The number of amides is 1. The van der Waals surface area contributed by atoms with Gasteiger partial charge in [0, 0.05) is 37.2 Å². The molecule has 0 aliphatic carbocycles. The number of hydrogen-bond donors (Lipinski definition) is 1. The quantitative estimate of drug-likeness (QED) is 0.754. The maximum Gasteiger partial charge on any atom is 0.223 e. The van der Waals surface area contributed by atoms with Crippen molar-refractivity contribution in [3.05, 3.63) is 30.1 Å². The fourth-order valence-electron chi connectivity index (χ4n) is 2.49. The second-order valence-corrected chi connectivity index (χ2v) is 6.28. The highest BCUT2D eigenvalue weighted by Crippen LogP contribution is 2.17. The first kappa shape index (κ1) is 21.5. The van der Waals surface area contributed by atoms with Gasteiger partial charge in [0.2, 0.25) is 5.91 Å². The Labute approximate surface area is 149 Å². The molecule has 2 heterocycles. The number of nitrogens with one attached hydrogen (secondary N) is 1. The molecule has 4 nitrogen and oxygen atoms in total. The van der Waals surface area contributed by atoms with E-state index in [1.54, 1.807) is 11.8 Å². The third-order valence-electron chi connectivity index (χ3n) is 3.57. The summed E-state index contributed by atoms with van der Waals surface area (Å²) in [7, 11) is 1.97. The maximum atomic E-state index is 12.1. The third-order valence-corrected chi connectivity index (χ3v) is 4.56. The lowest BCUT2D eigenvalue weighted by molar-refractivity contribution is -0.129. The summed E-state index contributed by atoms with van der Waals surface area (Å²) in [5, 5.41) is 3.19. The zero-order chi connectivity index (χ0) is 14.2. The number of hydrogen-bond acceptors (Lipinski definition) is 4. The van der Waals surface area contributed by atoms with Gasteiger partial charge in [-0.05, 0) is 38.1 Å². The molecule has 126 valence electrons. The minimum atomic E-state index is 0. The summed E-state index contributed by atoms with van der Waals surface area (Å²) in [6.07, 6.45) is 3.59. The van der Waals surface area contributed by atoms with Crippen molar-refractivity contribution in [1.82, 2.24) is 15.2 Å². The summed E-state index contributed by atoms with van der Waals surface area (Å²) in [5.41, 5.74) is 1.08. The van der Waals surface area contributed by atoms with Crippen LogP contribution < -0.4 is 5.32 Å². The third kappa shape index (κ3) is 7.18. The molecule has 1 fully saturated rings. The van der Waals surface area contributed by atoms with Gasteiger partial charge in [-0.3, -0.25) is 9.78 Å². The maximum absolute atomic E-state index is 12.1. The van der Waals surface area contributed by atoms with Gasteiger partial charge in [-0.25, -0.2) is 0 Å². The summed E-state index contributed by atoms with van der Waals surface area (Å²) in [5.74, 6) is 2.70. The zero-order valence-corrected chi connectivity index (χ0v) is 15.3. The highest BCUT2D eigenvalue weighted by molar-refractivity contribution is 7.98. The molecule has 1 aliphatic rings. The molecule has 1 N–H and O–H groups in total. The number of nitrogens with zero attached hydrogens (tertiary/aromatic N) is 2. The van der Waals surface area contributed by atoms with Crippen molar-refractivity contribution >= 4 is 42.5 Å². The predicted molar refractivity (Wildman–Crippen MR) is 98.1 cm³/mol. The van der Waals surface area contributed by atoms with E-state index in [-0.39, 0.29) is 24.8 Å². The van der Waals surface area contributed by atoms with Crippen LogP contribution in [0.4, 0.5) is 0 Å². The number of carbonyl (C=O) groups excluding carboxylic acids is 1. The van der Waals surface area contributed by atoms with Gasteiger partial charge in [0.25, 0.3) is 0 Å². The van der Waals surface area contributed by atoms with Crippen molar-refractivity contribution in [2.24, 2.45) is 5.92 Å². The Bertz CT molecular complexity index is 423. The number of halogens is 2. The number of rotatable bonds is 7. The SMILES string of the molecule is CNCC1CCN(C(=O)CCSCc2ccccn2)C1.Cl.Cl. The van der Waals surface area contributed by atoms with Crippen LogP contribution in [0.2, 0.25) is 0 Å². The number of likely N-dealkylation sites (tertiary alicyclic amines) is 1. The molecule has 2 rings (SSSR count). The molecular weight excluding hydrogens is 341 g/mol. The predicted octanol–water partition coefficient (Wildman–Crippen LogP) is 2.62. The van der Waals surface area contributed by atoms with Crippen molar-refractivity contribution in [1.29, 1.82) is 0 Å². The standard InChI is InChI=1S/C15H23N3OS.2ClH/c1-16-10-13-5-8-18(11-13)15(19)6-9-20-12-14-4-2-3-7-17-14;;/h2-4,7,13,16H,5-6,8-12H2,1H3;2*1H. The van der Waals surface area contributed by atoms with Crippen LogP contribution in [0.15, 0.2) is 24.4 Å². The average Bonchev–Trinajstić information content (AvgIpc) is 2.94. The summed E-state index contributed by atoms with van der Waals surface area (Å²) in [4.78, 5) is 18.4. The van der Waals surface area contributed by atoms with E-state index in [1.165, 1.54) is 0 Å². The lowest BCUT2D eigenvalue weighted by Gasteiger charge is -2.16. The molecule has 22 heavy (non-hydrogen) atoms. The van der Waals surface area contributed by atoms with Crippen LogP contribution in [0.25, 0.3) is 0 Å². The largest absolute Gasteiger partial charge is 0.342 e. The van der Waals surface area contributed by atoms with Crippen LogP contribution in [0, 0.1) is 5.92 Å². The van der Waals surface area contributed by atoms with Crippen molar-refractivity contribution < 1.29 is 4.79 Å². The zero-order valence-electron chi connectivity index (χ0n) is 12.9. The van der Waals surface area contributed by atoms with E-state index in [4.69, 9.17) is 0 Å². The van der Waals surface area contributed by atoms with Crippen molar-refractivity contribution in [2.45, 2.75) is 18.6 Å². The lowest BCUT2D eigenvalue weighted by Crippen LogP contribution is -2.30. The van der Waals surface area contributed by atoms with E-state index in [0.717, 1.165) is 43.3 Å². The molecule has 0 bridgehead atoms. The van der Waals surface area contributed by atoms with Crippen LogP contribution in [0.5, 0.6) is 0 Å². The Morgan fingerprint density at radius 3 is 2.95 bits per heavy atom. The number of aromatic nitrogens is 1. The minimum Gasteiger partial charge on any atom is -0.342 e. The van der Waals surface area contributed by atoms with Crippen molar-refractivity contribution in [3.8, 4) is 0 Å². The highest BCUT2D eigenvalue weighted by atomic mass is 35.5. The number of thioether (sulfide) groups is 1. The molecule has 1 aromatic heterocycles. The fourth-order valence-corrected chi connectivity index (χ4v) is 3.34. The molecule has 1 aromatic rings. The van der Waals surface area contributed by atoms with Gasteiger partial charge < -0.3 is 10.2 Å². The fraction of sp³-hybridized carbons (Fsp3) is 0.600. The Balaban J connectivity index is 0.00000220. The van der Waals surface area contributed by atoms with Gasteiger partial charge in [0.15, 0.2) is 0 Å². The first-order valence-electron chi connectivity index (χ1n) is 7.19. The van der Waals surface area contributed by atoms with Gasteiger partial charge >= 0.3 is 0 Å². The number of pyridine rings is 1. The molecule has 0 aromatic carbocycles. The Morgan fingerprint density at radius 1 is 1.45 bits per heavy atom. The van der Waals surface area contributed by atoms with Gasteiger partial charge in [-0.2, -0.15) is 11.8 Å². The second kappa shape index (κ2) is 12.0. The van der Waals surface area contributed by atoms with E-state index < -0.39 is 0 Å². The van der Waals surface area contributed by atoms with Gasteiger partial charge in [-0.1, -0.05) is 6.07 Å². The van der Waals surface area contributed by atoms with Crippen LogP contribution in [-0.4, -0.2) is 48.2 Å². The molecule has 0 saturated carbocycles. The Hall–Kier alpha value is -0.490. The molecular formula is C15H25Cl2N3OS. The van der Waals surface area contributed by atoms with Crippen LogP contribution in [-0.2, 0) is 10.5 Å². The summed E-state index contributed by atoms with van der Waals surface area (Å²) in [6, 6.07) is 5.95. The molecule has 1 saturated heterocycles. The van der Waals surface area contributed by atoms with Crippen molar-refractivity contribution in [2.75, 3.05) is 32.4 Å². The Morgan fingerprint density at radius 2 is 2.27 bits per heavy atom. The van der Waals surface area contributed by atoms with Gasteiger partial charge in [0.1, 0.15) is 0 Å². The number of carbonyl (C=O) groups is 1. The lowest BCUT2D eigenvalue weighted by atomic mass is 10.1. The van der Waals surface area contributed by atoms with E-state index in [2.05, 4.69) is 10.3 Å². The molecule has 1 unspecified atom stereocenters. The first-order valence-corrected chi connectivity index (χ1v) is 8.35. The smallest absolute Gasteiger partial charge is 0.223 e. The van der Waals surface area contributed by atoms with Gasteiger partial charge in [-0.15, -0.1) is 24.8 Å². The molecule has 1 atom stereocenters.